The molecule has 3 nitrogen and oxygen atoms in total. The molecule has 1 heterocycles. The van der Waals surface area contributed by atoms with Crippen molar-refractivity contribution in [2.75, 3.05) is 16.2 Å². The van der Waals surface area contributed by atoms with Gasteiger partial charge in [-0.25, -0.2) is 0 Å². The van der Waals surface area contributed by atoms with Gasteiger partial charge in [-0.1, -0.05) is 46.3 Å². The second kappa shape index (κ2) is 7.17. The third-order valence-electron chi connectivity index (χ3n) is 4.20. The highest BCUT2D eigenvalue weighted by Crippen LogP contribution is 2.46. The number of carbonyl (C=O) groups is 1. The van der Waals surface area contributed by atoms with Crippen LogP contribution < -0.4 is 9.62 Å². The minimum atomic E-state index is -0.0312. The molecule has 0 saturated carbocycles. The molecular weight excluding hydrogens is 408 g/mol. The lowest BCUT2D eigenvalue weighted by atomic mass is 10.0. The number of fused-ring (bicyclic) bond motifs is 3. The number of carbonyl (C=O) groups excluding carboxylic acids is 1. The van der Waals surface area contributed by atoms with Crippen LogP contribution >= 0.6 is 27.9 Å². The Bertz CT molecular complexity index is 989. The Morgan fingerprint density at radius 3 is 2.73 bits per heavy atom. The van der Waals surface area contributed by atoms with Gasteiger partial charge >= 0.3 is 0 Å². The van der Waals surface area contributed by atoms with Gasteiger partial charge < -0.3 is 9.62 Å². The maximum atomic E-state index is 12.6. The van der Waals surface area contributed by atoms with E-state index in [1.165, 1.54) is 5.56 Å². The fourth-order valence-electron chi connectivity index (χ4n) is 3.05. The Balaban J connectivity index is 1.61. The highest BCUT2D eigenvalue weighted by atomic mass is 79.9. The lowest BCUT2D eigenvalue weighted by molar-refractivity contribution is -0.114. The summed E-state index contributed by atoms with van der Waals surface area (Å²) >= 11 is 5.16. The topological polar surface area (TPSA) is 32.3 Å². The van der Waals surface area contributed by atoms with E-state index in [1.54, 1.807) is 11.9 Å². The van der Waals surface area contributed by atoms with Gasteiger partial charge in [0.05, 0.1) is 5.69 Å². The Morgan fingerprint density at radius 2 is 1.88 bits per heavy atom. The van der Waals surface area contributed by atoms with Crippen molar-refractivity contribution in [1.29, 1.82) is 0 Å². The van der Waals surface area contributed by atoms with E-state index >= 15 is 0 Å². The van der Waals surface area contributed by atoms with E-state index in [9.17, 15) is 4.79 Å². The van der Waals surface area contributed by atoms with Crippen LogP contribution in [0.5, 0.6) is 0 Å². The number of aryl methyl sites for hydroxylation is 1. The summed E-state index contributed by atoms with van der Waals surface area (Å²) < 4.78 is 3.08. The molecule has 0 aromatic heterocycles. The zero-order chi connectivity index (χ0) is 18.1. The molecule has 3 aromatic rings. The summed E-state index contributed by atoms with van der Waals surface area (Å²) in [5, 5.41) is 2.99. The minimum Gasteiger partial charge on any atom is -0.325 e. The molecule has 4 rings (SSSR count). The average Bonchev–Trinajstić information content (AvgIpc) is 2.61. The maximum Gasteiger partial charge on any atom is 0.244 e. The third-order valence-corrected chi connectivity index (χ3v) is 5.79. The molecule has 1 N–H and O–H groups in total. The molecule has 0 bridgehead atoms. The number of amides is 1. The molecule has 0 aliphatic carbocycles. The Kier molecular flexibility index (Phi) is 4.74. The molecule has 26 heavy (non-hydrogen) atoms. The molecule has 1 amide bonds. The number of anilines is 2. The molecule has 0 unspecified atom stereocenters. The zero-order valence-corrected chi connectivity index (χ0v) is 16.6. The molecular formula is C21H17BrN2OS. The summed E-state index contributed by atoms with van der Waals surface area (Å²) in [6, 6.07) is 22.3. The monoisotopic (exact) mass is 424 g/mol. The van der Waals surface area contributed by atoms with Crippen LogP contribution in [0.1, 0.15) is 5.56 Å². The molecule has 130 valence electrons. The highest BCUT2D eigenvalue weighted by molar-refractivity contribution is 9.10. The smallest absolute Gasteiger partial charge is 0.244 e. The molecule has 0 fully saturated rings. The van der Waals surface area contributed by atoms with Crippen LogP contribution in [0.15, 0.2) is 76.1 Å². The van der Waals surface area contributed by atoms with Crippen molar-refractivity contribution in [1.82, 2.24) is 0 Å². The quantitative estimate of drug-likeness (QED) is 0.531. The molecule has 0 saturated heterocycles. The first-order chi connectivity index (χ1) is 12.6. The Labute approximate surface area is 165 Å². The number of hydrogen-bond acceptors (Lipinski definition) is 3. The van der Waals surface area contributed by atoms with Gasteiger partial charge in [-0.3, -0.25) is 4.79 Å². The van der Waals surface area contributed by atoms with Crippen molar-refractivity contribution >= 4 is 45.2 Å². The number of nitrogens with zero attached hydrogens (tertiary/aromatic N) is 1. The number of hydrogen-bond donors (Lipinski definition) is 1. The summed E-state index contributed by atoms with van der Waals surface area (Å²) in [4.78, 5) is 13.8. The molecule has 0 spiro atoms. The van der Waals surface area contributed by atoms with Gasteiger partial charge in [-0.2, -0.15) is 0 Å². The predicted octanol–water partition coefficient (Wildman–Crippen LogP) is 5.89. The van der Waals surface area contributed by atoms with E-state index in [0.29, 0.717) is 0 Å². The van der Waals surface area contributed by atoms with E-state index in [0.717, 1.165) is 31.9 Å². The van der Waals surface area contributed by atoms with Crippen molar-refractivity contribution in [3.8, 4) is 11.1 Å². The van der Waals surface area contributed by atoms with Gasteiger partial charge in [0.25, 0.3) is 0 Å². The molecule has 0 atom stereocenters. The number of nitrogens with one attached hydrogen (secondary N) is 1. The van der Waals surface area contributed by atoms with Crippen molar-refractivity contribution < 1.29 is 4.79 Å². The largest absolute Gasteiger partial charge is 0.325 e. The van der Waals surface area contributed by atoms with E-state index in [-0.39, 0.29) is 12.5 Å². The molecule has 3 aromatic carbocycles. The summed E-state index contributed by atoms with van der Waals surface area (Å²) in [6.07, 6.45) is 0. The Morgan fingerprint density at radius 1 is 1.04 bits per heavy atom. The summed E-state index contributed by atoms with van der Waals surface area (Å²) in [6.45, 7) is 2.29. The van der Waals surface area contributed by atoms with Crippen molar-refractivity contribution in [3.05, 3.63) is 76.8 Å². The van der Waals surface area contributed by atoms with E-state index in [2.05, 4.69) is 49.8 Å². The SMILES string of the molecule is Cc1cccc(NC(=O)CN2Sc3ccccc3-c3cc(Br)ccc32)c1. The van der Waals surface area contributed by atoms with Crippen LogP contribution in [-0.2, 0) is 4.79 Å². The molecule has 0 radical (unpaired) electrons. The zero-order valence-electron chi connectivity index (χ0n) is 14.2. The molecule has 5 heteroatoms. The number of rotatable bonds is 3. The van der Waals surface area contributed by atoms with Gasteiger partial charge in [-0.15, -0.1) is 0 Å². The van der Waals surface area contributed by atoms with Crippen LogP contribution in [-0.4, -0.2) is 12.5 Å². The van der Waals surface area contributed by atoms with Gasteiger partial charge in [-0.05, 0) is 66.4 Å². The summed E-state index contributed by atoms with van der Waals surface area (Å²) in [7, 11) is 0. The fraction of sp³-hybridized carbons (Fsp3) is 0.0952. The number of benzene rings is 3. The first kappa shape index (κ1) is 17.2. The third kappa shape index (κ3) is 3.50. The number of halogens is 1. The lowest BCUT2D eigenvalue weighted by Gasteiger charge is -2.31. The predicted molar refractivity (Wildman–Crippen MR) is 113 cm³/mol. The highest BCUT2D eigenvalue weighted by Gasteiger charge is 2.24. The van der Waals surface area contributed by atoms with Crippen molar-refractivity contribution in [3.63, 3.8) is 0 Å². The van der Waals surface area contributed by atoms with Crippen LogP contribution in [0.25, 0.3) is 11.1 Å². The minimum absolute atomic E-state index is 0.0312. The van der Waals surface area contributed by atoms with Gasteiger partial charge in [0.2, 0.25) is 5.91 Å². The van der Waals surface area contributed by atoms with E-state index in [1.807, 2.05) is 49.4 Å². The van der Waals surface area contributed by atoms with Crippen LogP contribution in [0, 0.1) is 6.92 Å². The fourth-order valence-corrected chi connectivity index (χ4v) is 4.50. The van der Waals surface area contributed by atoms with Crippen LogP contribution in [0.2, 0.25) is 0 Å². The van der Waals surface area contributed by atoms with Crippen LogP contribution in [0.4, 0.5) is 11.4 Å². The summed E-state index contributed by atoms with van der Waals surface area (Å²) in [5.41, 5.74) is 5.34. The normalized spacial score (nSPS) is 12.3. The second-order valence-corrected chi connectivity index (χ2v) is 8.18. The maximum absolute atomic E-state index is 12.6. The van der Waals surface area contributed by atoms with E-state index in [4.69, 9.17) is 0 Å². The van der Waals surface area contributed by atoms with Gasteiger partial charge in [0.15, 0.2) is 0 Å². The summed E-state index contributed by atoms with van der Waals surface area (Å²) in [5.74, 6) is -0.0312. The van der Waals surface area contributed by atoms with Crippen molar-refractivity contribution in [2.24, 2.45) is 0 Å². The molecule has 1 aliphatic heterocycles. The van der Waals surface area contributed by atoms with Gasteiger partial charge in [0, 0.05) is 20.6 Å². The lowest BCUT2D eigenvalue weighted by Crippen LogP contribution is -2.29. The van der Waals surface area contributed by atoms with E-state index < -0.39 is 0 Å². The van der Waals surface area contributed by atoms with Crippen LogP contribution in [0.3, 0.4) is 0 Å². The Hall–Kier alpha value is -2.24. The standard InChI is InChI=1S/C21H17BrN2OS/c1-14-5-4-6-16(11-14)23-21(25)13-24-19-10-9-15(22)12-18(19)17-7-2-3-8-20(17)26-24/h2-12H,13H2,1H3,(H,23,25). The van der Waals surface area contributed by atoms with Gasteiger partial charge in [0.1, 0.15) is 6.54 Å². The van der Waals surface area contributed by atoms with Crippen molar-refractivity contribution in [2.45, 2.75) is 11.8 Å². The first-order valence-corrected chi connectivity index (χ1v) is 9.88. The first-order valence-electron chi connectivity index (χ1n) is 8.31. The second-order valence-electron chi connectivity index (χ2n) is 6.20. The molecule has 1 aliphatic rings. The average molecular weight is 425 g/mol.